The van der Waals surface area contributed by atoms with Crippen molar-refractivity contribution in [2.45, 2.75) is 46.0 Å². The van der Waals surface area contributed by atoms with Crippen molar-refractivity contribution in [1.29, 1.82) is 0 Å². The molecule has 2 aromatic rings. The number of pyridine rings is 1. The number of carbonyl (C=O) groups excluding carboxylic acids is 1. The van der Waals surface area contributed by atoms with Gasteiger partial charge in [-0.25, -0.2) is 4.79 Å². The fourth-order valence-corrected chi connectivity index (χ4v) is 2.71. The van der Waals surface area contributed by atoms with Crippen LogP contribution in [0.1, 0.15) is 60.7 Å². The summed E-state index contributed by atoms with van der Waals surface area (Å²) in [4.78, 5) is 28.5. The van der Waals surface area contributed by atoms with Crippen LogP contribution in [-0.2, 0) is 0 Å². The van der Waals surface area contributed by atoms with E-state index < -0.39 is 11.5 Å². The van der Waals surface area contributed by atoms with E-state index in [1.165, 1.54) is 0 Å². The molecule has 140 valence electrons. The summed E-state index contributed by atoms with van der Waals surface area (Å²) in [5.41, 5.74) is 0.140. The molecule has 0 saturated heterocycles. The normalized spacial score (nSPS) is 11.8. The van der Waals surface area contributed by atoms with Crippen molar-refractivity contribution in [1.82, 2.24) is 10.3 Å². The monoisotopic (exact) mass is 358 g/mol. The molecule has 6 nitrogen and oxygen atoms in total. The third-order valence-electron chi connectivity index (χ3n) is 4.11. The van der Waals surface area contributed by atoms with E-state index in [2.05, 4.69) is 17.2 Å². The van der Waals surface area contributed by atoms with Crippen molar-refractivity contribution in [2.75, 3.05) is 13.2 Å². The number of amides is 1. The topological polar surface area (TPSA) is 81.4 Å². The SMILES string of the molecule is CCCC(C)c1cc(C)c(C(=O)NCCCOc2cccnc2)c(=O)o1. The highest BCUT2D eigenvalue weighted by atomic mass is 16.5. The van der Waals surface area contributed by atoms with Crippen LogP contribution >= 0.6 is 0 Å². The molecule has 0 spiro atoms. The average Bonchev–Trinajstić information content (AvgIpc) is 2.62. The number of nitrogens with zero attached hydrogens (tertiary/aromatic N) is 1. The second-order valence-corrected chi connectivity index (χ2v) is 6.33. The Balaban J connectivity index is 1.88. The fourth-order valence-electron chi connectivity index (χ4n) is 2.71. The van der Waals surface area contributed by atoms with E-state index in [9.17, 15) is 9.59 Å². The molecule has 6 heteroatoms. The van der Waals surface area contributed by atoms with Gasteiger partial charge in [-0.05, 0) is 43.5 Å². The number of ether oxygens (including phenoxy) is 1. The van der Waals surface area contributed by atoms with Crippen molar-refractivity contribution in [3.63, 3.8) is 0 Å². The molecule has 26 heavy (non-hydrogen) atoms. The largest absolute Gasteiger partial charge is 0.492 e. The van der Waals surface area contributed by atoms with Crippen LogP contribution in [0.5, 0.6) is 5.75 Å². The van der Waals surface area contributed by atoms with Gasteiger partial charge in [0, 0.05) is 18.7 Å². The van der Waals surface area contributed by atoms with E-state index >= 15 is 0 Å². The standard InChI is InChI=1S/C20H26N2O4/c1-4-7-14(2)17-12-15(3)18(20(24)26-17)19(23)22-10-6-11-25-16-8-5-9-21-13-16/h5,8-9,12-14H,4,6-7,10-11H2,1-3H3,(H,22,23). The molecule has 2 heterocycles. The molecular formula is C20H26N2O4. The van der Waals surface area contributed by atoms with Gasteiger partial charge in [0.15, 0.2) is 0 Å². The quantitative estimate of drug-likeness (QED) is 0.694. The second-order valence-electron chi connectivity index (χ2n) is 6.33. The lowest BCUT2D eigenvalue weighted by molar-refractivity contribution is 0.0946. The maximum Gasteiger partial charge on any atom is 0.349 e. The lowest BCUT2D eigenvalue weighted by atomic mass is 10.0. The summed E-state index contributed by atoms with van der Waals surface area (Å²) >= 11 is 0. The summed E-state index contributed by atoms with van der Waals surface area (Å²) < 4.78 is 10.9. The van der Waals surface area contributed by atoms with Crippen molar-refractivity contribution in [3.8, 4) is 5.75 Å². The first-order valence-corrected chi connectivity index (χ1v) is 8.98. The Morgan fingerprint density at radius 2 is 2.23 bits per heavy atom. The molecule has 1 N–H and O–H groups in total. The molecule has 0 aromatic carbocycles. The third-order valence-corrected chi connectivity index (χ3v) is 4.11. The van der Waals surface area contributed by atoms with Gasteiger partial charge in [0.1, 0.15) is 17.1 Å². The first kappa shape index (κ1) is 19.7. The van der Waals surface area contributed by atoms with Crippen LogP contribution in [-0.4, -0.2) is 24.0 Å². The summed E-state index contributed by atoms with van der Waals surface area (Å²) in [6, 6.07) is 5.41. The number of hydrogen-bond acceptors (Lipinski definition) is 5. The minimum absolute atomic E-state index is 0.0747. The van der Waals surface area contributed by atoms with Crippen molar-refractivity contribution in [3.05, 3.63) is 57.9 Å². The number of aromatic nitrogens is 1. The third kappa shape index (κ3) is 5.44. The highest BCUT2D eigenvalue weighted by molar-refractivity contribution is 5.95. The van der Waals surface area contributed by atoms with Gasteiger partial charge in [-0.2, -0.15) is 0 Å². The zero-order chi connectivity index (χ0) is 18.9. The minimum atomic E-state index is -0.577. The molecule has 0 aliphatic rings. The highest BCUT2D eigenvalue weighted by Crippen LogP contribution is 2.21. The smallest absolute Gasteiger partial charge is 0.349 e. The molecule has 0 aliphatic carbocycles. The Morgan fingerprint density at radius 1 is 1.42 bits per heavy atom. The fraction of sp³-hybridized carbons (Fsp3) is 0.450. The maximum absolute atomic E-state index is 12.3. The zero-order valence-electron chi connectivity index (χ0n) is 15.6. The summed E-state index contributed by atoms with van der Waals surface area (Å²) in [5, 5.41) is 2.75. The molecule has 0 aliphatic heterocycles. The first-order valence-electron chi connectivity index (χ1n) is 8.98. The maximum atomic E-state index is 12.3. The highest BCUT2D eigenvalue weighted by Gasteiger charge is 2.18. The van der Waals surface area contributed by atoms with Gasteiger partial charge in [-0.3, -0.25) is 9.78 Å². The van der Waals surface area contributed by atoms with E-state index in [0.29, 0.717) is 36.6 Å². The molecule has 0 radical (unpaired) electrons. The predicted octanol–water partition coefficient (Wildman–Crippen LogP) is 3.45. The Morgan fingerprint density at radius 3 is 2.88 bits per heavy atom. The average molecular weight is 358 g/mol. The summed E-state index contributed by atoms with van der Waals surface area (Å²) in [6.07, 6.45) is 5.87. The Bertz CT molecular complexity index is 771. The van der Waals surface area contributed by atoms with Crippen LogP contribution in [0.2, 0.25) is 0 Å². The van der Waals surface area contributed by atoms with E-state index in [0.717, 1.165) is 12.8 Å². The van der Waals surface area contributed by atoms with Crippen LogP contribution in [0.3, 0.4) is 0 Å². The molecule has 1 atom stereocenters. The van der Waals surface area contributed by atoms with Crippen molar-refractivity contribution >= 4 is 5.91 Å². The van der Waals surface area contributed by atoms with E-state index in [4.69, 9.17) is 9.15 Å². The first-order chi connectivity index (χ1) is 12.5. The summed E-state index contributed by atoms with van der Waals surface area (Å²) in [5.74, 6) is 1.07. The van der Waals surface area contributed by atoms with Crippen molar-refractivity contribution < 1.29 is 13.9 Å². The molecule has 2 rings (SSSR count). The Kier molecular flexibility index (Phi) is 7.38. The van der Waals surface area contributed by atoms with Crippen LogP contribution < -0.4 is 15.7 Å². The lowest BCUT2D eigenvalue weighted by Crippen LogP contribution is -2.31. The van der Waals surface area contributed by atoms with Gasteiger partial charge < -0.3 is 14.5 Å². The second kappa shape index (κ2) is 9.75. The molecule has 0 fully saturated rings. The number of rotatable bonds is 9. The number of nitrogens with one attached hydrogen (secondary N) is 1. The minimum Gasteiger partial charge on any atom is -0.492 e. The van der Waals surface area contributed by atoms with Crippen molar-refractivity contribution in [2.24, 2.45) is 0 Å². The molecule has 1 amide bonds. The number of aryl methyl sites for hydroxylation is 1. The Hall–Kier alpha value is -2.63. The molecule has 0 bridgehead atoms. The van der Waals surface area contributed by atoms with Crippen LogP contribution in [0.4, 0.5) is 0 Å². The summed E-state index contributed by atoms with van der Waals surface area (Å²) in [6.45, 7) is 6.73. The molecular weight excluding hydrogens is 332 g/mol. The van der Waals surface area contributed by atoms with Gasteiger partial charge in [0.2, 0.25) is 0 Å². The van der Waals surface area contributed by atoms with E-state index in [1.807, 2.05) is 13.0 Å². The number of hydrogen-bond donors (Lipinski definition) is 1. The van der Waals surface area contributed by atoms with Gasteiger partial charge in [-0.15, -0.1) is 0 Å². The van der Waals surface area contributed by atoms with Gasteiger partial charge >= 0.3 is 5.63 Å². The zero-order valence-corrected chi connectivity index (χ0v) is 15.6. The van der Waals surface area contributed by atoms with Gasteiger partial charge in [0.25, 0.3) is 5.91 Å². The molecule has 2 aromatic heterocycles. The number of carbonyl (C=O) groups is 1. The molecule has 1 unspecified atom stereocenters. The van der Waals surface area contributed by atoms with Crippen LogP contribution in [0.15, 0.2) is 39.8 Å². The Labute approximate surface area is 153 Å². The van der Waals surface area contributed by atoms with Gasteiger partial charge in [0.05, 0.1) is 12.8 Å². The lowest BCUT2D eigenvalue weighted by Gasteiger charge is -2.12. The van der Waals surface area contributed by atoms with E-state index in [1.54, 1.807) is 31.5 Å². The molecule has 0 saturated carbocycles. The van der Waals surface area contributed by atoms with Gasteiger partial charge in [-0.1, -0.05) is 20.3 Å². The van der Waals surface area contributed by atoms with E-state index in [-0.39, 0.29) is 11.5 Å². The predicted molar refractivity (Wildman–Crippen MR) is 99.7 cm³/mol. The van der Waals surface area contributed by atoms with Crippen LogP contribution in [0, 0.1) is 6.92 Å². The van der Waals surface area contributed by atoms with Crippen LogP contribution in [0.25, 0.3) is 0 Å². The summed E-state index contributed by atoms with van der Waals surface area (Å²) in [7, 11) is 0.